The molecule has 0 spiro atoms. The van der Waals surface area contributed by atoms with Gasteiger partial charge in [-0.05, 0) is 12.0 Å². The molecule has 1 rings (SSSR count). The van der Waals surface area contributed by atoms with Crippen molar-refractivity contribution in [3.8, 4) is 6.07 Å². The van der Waals surface area contributed by atoms with Crippen LogP contribution in [0.3, 0.4) is 0 Å². The molecule has 0 aliphatic carbocycles. The van der Waals surface area contributed by atoms with Crippen LogP contribution in [0.15, 0.2) is 17.3 Å². The summed E-state index contributed by atoms with van der Waals surface area (Å²) in [6.07, 6.45) is 1.25. The molecule has 1 atom stereocenters. The Bertz CT molecular complexity index is 552. The maximum atomic E-state index is 12.0. The van der Waals surface area contributed by atoms with Gasteiger partial charge in [0.15, 0.2) is 14.9 Å². The molecule has 0 amide bonds. The van der Waals surface area contributed by atoms with Crippen LogP contribution in [0.1, 0.15) is 12.5 Å². The number of nitrogens with zero attached hydrogens (tertiary/aromatic N) is 2. The third-order valence-corrected chi connectivity index (χ3v) is 4.97. The average Bonchev–Trinajstić information content (AvgIpc) is 2.28. The van der Waals surface area contributed by atoms with Crippen molar-refractivity contribution in [1.82, 2.24) is 4.98 Å². The first-order valence-corrected chi connectivity index (χ1v) is 7.32. The molecule has 0 fully saturated rings. The predicted molar refractivity (Wildman–Crippen MR) is 65.9 cm³/mol. The summed E-state index contributed by atoms with van der Waals surface area (Å²) < 4.78 is 24.0. The maximum Gasteiger partial charge on any atom is 0.197 e. The van der Waals surface area contributed by atoms with Crippen LogP contribution in [0.4, 0.5) is 0 Å². The summed E-state index contributed by atoms with van der Waals surface area (Å²) in [6.45, 7) is 1.71. The van der Waals surface area contributed by atoms with Gasteiger partial charge in [0.1, 0.15) is 6.07 Å². The largest absolute Gasteiger partial charge is 0.243 e. The number of hydrogen-bond acceptors (Lipinski definition) is 4. The summed E-state index contributed by atoms with van der Waals surface area (Å²) in [5, 5.41) is 8.38. The Labute approximate surface area is 110 Å². The molecule has 0 saturated heterocycles. The second-order valence-electron chi connectivity index (χ2n) is 3.63. The van der Waals surface area contributed by atoms with Crippen molar-refractivity contribution in [1.29, 1.82) is 5.26 Å². The van der Waals surface area contributed by atoms with Crippen molar-refractivity contribution in [2.75, 3.05) is 11.6 Å². The quantitative estimate of drug-likeness (QED) is 0.798. The highest BCUT2D eigenvalue weighted by Gasteiger charge is 2.24. The van der Waals surface area contributed by atoms with Crippen molar-refractivity contribution in [3.63, 3.8) is 0 Å². The van der Waals surface area contributed by atoms with Gasteiger partial charge in [0, 0.05) is 12.1 Å². The van der Waals surface area contributed by atoms with Crippen LogP contribution in [-0.4, -0.2) is 25.0 Å². The van der Waals surface area contributed by atoms with E-state index >= 15 is 0 Å². The van der Waals surface area contributed by atoms with Gasteiger partial charge >= 0.3 is 0 Å². The fourth-order valence-corrected chi connectivity index (χ4v) is 3.60. The molecule has 0 aromatic carbocycles. The lowest BCUT2D eigenvalue weighted by Crippen LogP contribution is -2.17. The Morgan fingerprint density at radius 3 is 2.76 bits per heavy atom. The van der Waals surface area contributed by atoms with E-state index in [-0.39, 0.29) is 33.2 Å². The van der Waals surface area contributed by atoms with E-state index in [2.05, 4.69) is 4.98 Å². The second kappa shape index (κ2) is 5.67. The van der Waals surface area contributed by atoms with Gasteiger partial charge in [-0.1, -0.05) is 18.5 Å². The minimum atomic E-state index is -3.61. The molecule has 7 heteroatoms. The number of hydrogen-bond donors (Lipinski definition) is 0. The zero-order chi connectivity index (χ0) is 13.1. The maximum absolute atomic E-state index is 12.0. The van der Waals surface area contributed by atoms with Crippen LogP contribution in [0, 0.1) is 17.2 Å². The molecule has 1 unspecified atom stereocenters. The Kier molecular flexibility index (Phi) is 4.75. The van der Waals surface area contributed by atoms with Crippen molar-refractivity contribution in [2.24, 2.45) is 5.92 Å². The van der Waals surface area contributed by atoms with Crippen LogP contribution >= 0.6 is 23.2 Å². The molecule has 1 aromatic rings. The highest BCUT2D eigenvalue weighted by atomic mass is 35.5. The zero-order valence-corrected chi connectivity index (χ0v) is 11.3. The van der Waals surface area contributed by atoms with Gasteiger partial charge < -0.3 is 0 Å². The van der Waals surface area contributed by atoms with Crippen LogP contribution in [-0.2, 0) is 9.84 Å². The summed E-state index contributed by atoms with van der Waals surface area (Å²) in [7, 11) is -3.61. The first-order valence-electron chi connectivity index (χ1n) is 4.75. The second-order valence-corrected chi connectivity index (χ2v) is 6.27. The Balaban J connectivity index is 3.21. The van der Waals surface area contributed by atoms with E-state index in [4.69, 9.17) is 28.5 Å². The van der Waals surface area contributed by atoms with Gasteiger partial charge in [-0.2, -0.15) is 5.26 Å². The number of pyridine rings is 1. The lowest BCUT2D eigenvalue weighted by molar-refractivity contribution is 0.579. The van der Waals surface area contributed by atoms with Crippen molar-refractivity contribution < 1.29 is 8.42 Å². The first kappa shape index (κ1) is 14.2. The third kappa shape index (κ3) is 3.32. The Hall–Kier alpha value is -0.830. The van der Waals surface area contributed by atoms with Gasteiger partial charge in [0.25, 0.3) is 0 Å². The zero-order valence-electron chi connectivity index (χ0n) is 9.02. The van der Waals surface area contributed by atoms with E-state index in [1.54, 1.807) is 6.92 Å². The summed E-state index contributed by atoms with van der Waals surface area (Å²) >= 11 is 11.4. The number of halogens is 2. The SMILES string of the molecule is CC(CCl)CS(=O)(=O)c1nccc(C#N)c1Cl. The van der Waals surface area contributed by atoms with E-state index < -0.39 is 9.84 Å². The molecular weight excluding hydrogens is 283 g/mol. The summed E-state index contributed by atoms with van der Waals surface area (Å²) in [5.41, 5.74) is 0.0961. The molecule has 0 aliphatic rings. The molecule has 0 radical (unpaired) electrons. The van der Waals surface area contributed by atoms with Crippen LogP contribution in [0.25, 0.3) is 0 Å². The molecule has 4 nitrogen and oxygen atoms in total. The highest BCUT2D eigenvalue weighted by molar-refractivity contribution is 7.91. The molecule has 0 aliphatic heterocycles. The monoisotopic (exact) mass is 292 g/mol. The molecule has 92 valence electrons. The summed E-state index contributed by atoms with van der Waals surface area (Å²) in [6, 6.07) is 3.18. The average molecular weight is 293 g/mol. The smallest absolute Gasteiger partial charge is 0.197 e. The molecule has 17 heavy (non-hydrogen) atoms. The number of sulfone groups is 1. The number of rotatable bonds is 4. The van der Waals surface area contributed by atoms with Crippen molar-refractivity contribution >= 4 is 33.0 Å². The molecule has 0 bridgehead atoms. The summed E-state index contributed by atoms with van der Waals surface area (Å²) in [4.78, 5) is 3.73. The fourth-order valence-electron chi connectivity index (χ4n) is 1.23. The Morgan fingerprint density at radius 2 is 2.24 bits per heavy atom. The lowest BCUT2D eigenvalue weighted by Gasteiger charge is -2.09. The summed E-state index contributed by atoms with van der Waals surface area (Å²) in [5.74, 6) is -0.113. The standard InChI is InChI=1S/C10H10Cl2N2O2S/c1-7(4-11)6-17(15,16)10-9(12)8(5-13)2-3-14-10/h2-3,7H,4,6H2,1H3. The number of nitriles is 1. The number of aromatic nitrogens is 1. The molecule has 0 saturated carbocycles. The fraction of sp³-hybridized carbons (Fsp3) is 0.400. The van der Waals surface area contributed by atoms with Crippen LogP contribution in [0.5, 0.6) is 0 Å². The van der Waals surface area contributed by atoms with E-state index in [9.17, 15) is 8.42 Å². The van der Waals surface area contributed by atoms with Crippen LogP contribution in [0.2, 0.25) is 5.02 Å². The predicted octanol–water partition coefficient (Wildman–Crippen LogP) is 2.26. The topological polar surface area (TPSA) is 70.8 Å². The molecule has 1 heterocycles. The van der Waals surface area contributed by atoms with Gasteiger partial charge in [-0.25, -0.2) is 13.4 Å². The van der Waals surface area contributed by atoms with E-state index in [1.165, 1.54) is 12.3 Å². The Morgan fingerprint density at radius 1 is 1.59 bits per heavy atom. The third-order valence-electron chi connectivity index (χ3n) is 2.04. The van der Waals surface area contributed by atoms with Gasteiger partial charge in [0.2, 0.25) is 0 Å². The highest BCUT2D eigenvalue weighted by Crippen LogP contribution is 2.24. The van der Waals surface area contributed by atoms with Crippen molar-refractivity contribution in [2.45, 2.75) is 11.9 Å². The van der Waals surface area contributed by atoms with Gasteiger partial charge in [-0.3, -0.25) is 0 Å². The van der Waals surface area contributed by atoms with E-state index in [0.717, 1.165) is 0 Å². The molecule has 0 N–H and O–H groups in total. The molecular formula is C10H10Cl2N2O2S. The lowest BCUT2D eigenvalue weighted by atomic mass is 10.3. The number of alkyl halides is 1. The minimum absolute atomic E-state index is 0.0961. The van der Waals surface area contributed by atoms with Gasteiger partial charge in [-0.15, -0.1) is 11.6 Å². The van der Waals surface area contributed by atoms with Crippen molar-refractivity contribution in [3.05, 3.63) is 22.8 Å². The van der Waals surface area contributed by atoms with Gasteiger partial charge in [0.05, 0.1) is 16.3 Å². The normalized spacial score (nSPS) is 13.1. The minimum Gasteiger partial charge on any atom is -0.243 e. The first-order chi connectivity index (χ1) is 7.92. The van der Waals surface area contributed by atoms with Crippen LogP contribution < -0.4 is 0 Å². The molecule has 1 aromatic heterocycles. The van der Waals surface area contributed by atoms with E-state index in [1.807, 2.05) is 6.07 Å². The van der Waals surface area contributed by atoms with E-state index in [0.29, 0.717) is 0 Å².